The number of anilines is 1. The fraction of sp³-hybridized carbons (Fsp3) is 0.250. The van der Waals surface area contributed by atoms with Crippen molar-refractivity contribution in [3.63, 3.8) is 0 Å². The lowest BCUT2D eigenvalue weighted by Gasteiger charge is -2.28. The van der Waals surface area contributed by atoms with E-state index in [0.29, 0.717) is 30.3 Å². The molecule has 0 atom stereocenters. The van der Waals surface area contributed by atoms with E-state index in [9.17, 15) is 4.79 Å². The Morgan fingerprint density at radius 3 is 2.75 bits per heavy atom. The zero-order valence-electron chi connectivity index (χ0n) is 15.2. The van der Waals surface area contributed by atoms with E-state index >= 15 is 0 Å². The average Bonchev–Trinajstić information content (AvgIpc) is 3.24. The third kappa shape index (κ3) is 4.32. The first kappa shape index (κ1) is 18.5. The van der Waals surface area contributed by atoms with Gasteiger partial charge in [-0.3, -0.25) is 4.79 Å². The zero-order valence-corrected chi connectivity index (χ0v) is 16.0. The lowest BCUT2D eigenvalue weighted by atomic mass is 10.2. The summed E-state index contributed by atoms with van der Waals surface area (Å²) in [7, 11) is 0. The van der Waals surface area contributed by atoms with Crippen molar-refractivity contribution in [2.45, 2.75) is 6.54 Å². The lowest BCUT2D eigenvalue weighted by Crippen LogP contribution is -2.36. The van der Waals surface area contributed by atoms with Gasteiger partial charge < -0.3 is 15.0 Å². The highest BCUT2D eigenvalue weighted by atomic mass is 35.5. The molecule has 0 bridgehead atoms. The Morgan fingerprint density at radius 1 is 1.18 bits per heavy atom. The van der Waals surface area contributed by atoms with Crippen LogP contribution in [0.2, 0.25) is 5.02 Å². The fourth-order valence-corrected chi connectivity index (χ4v) is 3.12. The van der Waals surface area contributed by atoms with Gasteiger partial charge in [0.25, 0.3) is 5.91 Å². The minimum Gasteiger partial charge on any atom is -0.378 e. The molecule has 1 N–H and O–H groups in total. The van der Waals surface area contributed by atoms with Crippen LogP contribution in [0.1, 0.15) is 15.9 Å². The third-order valence-electron chi connectivity index (χ3n) is 4.53. The third-order valence-corrected chi connectivity index (χ3v) is 4.79. The first-order valence-corrected chi connectivity index (χ1v) is 9.43. The van der Waals surface area contributed by atoms with Crippen molar-refractivity contribution < 1.29 is 9.53 Å². The molecule has 1 aliphatic heterocycles. The summed E-state index contributed by atoms with van der Waals surface area (Å²) >= 11 is 5.91. The first-order valence-electron chi connectivity index (χ1n) is 9.05. The van der Waals surface area contributed by atoms with Crippen LogP contribution in [0.3, 0.4) is 0 Å². The number of amides is 1. The van der Waals surface area contributed by atoms with Gasteiger partial charge in [-0.25, -0.2) is 9.67 Å². The van der Waals surface area contributed by atoms with Crippen molar-refractivity contribution in [2.75, 3.05) is 31.2 Å². The SMILES string of the molecule is O=C(NCc1ccnc(N2CCOCC2)c1)c1cnn(-c2ccc(Cl)cc2)c1. The fourth-order valence-electron chi connectivity index (χ4n) is 3.00. The van der Waals surface area contributed by atoms with Gasteiger partial charge >= 0.3 is 0 Å². The number of aromatic nitrogens is 3. The number of hydrogen-bond acceptors (Lipinski definition) is 5. The van der Waals surface area contributed by atoms with Crippen LogP contribution < -0.4 is 10.2 Å². The van der Waals surface area contributed by atoms with Gasteiger partial charge in [0, 0.05) is 37.1 Å². The smallest absolute Gasteiger partial charge is 0.254 e. The van der Waals surface area contributed by atoms with E-state index in [1.807, 2.05) is 24.3 Å². The Labute approximate surface area is 167 Å². The molecule has 3 aromatic rings. The largest absolute Gasteiger partial charge is 0.378 e. The normalized spacial score (nSPS) is 14.1. The number of hydrogen-bond donors (Lipinski definition) is 1. The second-order valence-corrected chi connectivity index (χ2v) is 6.89. The van der Waals surface area contributed by atoms with E-state index in [1.54, 1.807) is 35.4 Å². The molecule has 0 unspecified atom stereocenters. The van der Waals surface area contributed by atoms with Crippen LogP contribution in [0, 0.1) is 0 Å². The summed E-state index contributed by atoms with van der Waals surface area (Å²) in [4.78, 5) is 19.1. The van der Waals surface area contributed by atoms with Crippen molar-refractivity contribution >= 4 is 23.3 Å². The number of rotatable bonds is 5. The molecule has 1 aliphatic rings. The molecule has 0 radical (unpaired) electrons. The summed E-state index contributed by atoms with van der Waals surface area (Å²) in [6, 6.07) is 11.2. The van der Waals surface area contributed by atoms with Crippen molar-refractivity contribution in [3.8, 4) is 5.69 Å². The number of pyridine rings is 1. The number of carbonyl (C=O) groups excluding carboxylic acids is 1. The minimum atomic E-state index is -0.176. The molecular weight excluding hydrogens is 378 g/mol. The van der Waals surface area contributed by atoms with E-state index in [0.717, 1.165) is 30.2 Å². The Bertz CT molecular complexity index is 951. The van der Waals surface area contributed by atoms with Crippen molar-refractivity contribution in [3.05, 3.63) is 71.1 Å². The molecule has 1 saturated heterocycles. The number of halogens is 1. The van der Waals surface area contributed by atoms with E-state index in [4.69, 9.17) is 16.3 Å². The van der Waals surface area contributed by atoms with E-state index < -0.39 is 0 Å². The standard InChI is InChI=1S/C20H20ClN5O2/c21-17-1-3-18(4-2-17)26-14-16(13-24-26)20(27)23-12-15-5-6-22-19(11-15)25-7-9-28-10-8-25/h1-6,11,13-14H,7-10,12H2,(H,23,27). The summed E-state index contributed by atoms with van der Waals surface area (Å²) in [5.41, 5.74) is 2.33. The van der Waals surface area contributed by atoms with Gasteiger partial charge in [-0.05, 0) is 42.0 Å². The number of nitrogens with one attached hydrogen (secondary N) is 1. The maximum absolute atomic E-state index is 12.5. The summed E-state index contributed by atoms with van der Waals surface area (Å²) < 4.78 is 7.03. The second-order valence-electron chi connectivity index (χ2n) is 6.45. The van der Waals surface area contributed by atoms with Gasteiger partial charge in [0.05, 0.1) is 30.7 Å². The second kappa shape index (κ2) is 8.41. The quantitative estimate of drug-likeness (QED) is 0.716. The van der Waals surface area contributed by atoms with E-state index in [1.165, 1.54) is 0 Å². The number of carbonyl (C=O) groups is 1. The van der Waals surface area contributed by atoms with Gasteiger partial charge in [0.15, 0.2) is 0 Å². The maximum atomic E-state index is 12.5. The van der Waals surface area contributed by atoms with Gasteiger partial charge in [0.1, 0.15) is 5.82 Å². The highest BCUT2D eigenvalue weighted by Gasteiger charge is 2.13. The number of benzene rings is 1. The molecule has 28 heavy (non-hydrogen) atoms. The van der Waals surface area contributed by atoms with Crippen molar-refractivity contribution in [1.82, 2.24) is 20.1 Å². The summed E-state index contributed by atoms with van der Waals surface area (Å²) in [5, 5.41) is 7.84. The van der Waals surface area contributed by atoms with Crippen LogP contribution in [0.25, 0.3) is 5.69 Å². The van der Waals surface area contributed by atoms with Crippen LogP contribution in [0.4, 0.5) is 5.82 Å². The molecular formula is C20H20ClN5O2. The van der Waals surface area contributed by atoms with Crippen LogP contribution in [-0.2, 0) is 11.3 Å². The van der Waals surface area contributed by atoms with Gasteiger partial charge in [-0.15, -0.1) is 0 Å². The average molecular weight is 398 g/mol. The molecule has 2 aromatic heterocycles. The molecule has 1 fully saturated rings. The molecule has 7 nitrogen and oxygen atoms in total. The van der Waals surface area contributed by atoms with Crippen molar-refractivity contribution in [1.29, 1.82) is 0 Å². The van der Waals surface area contributed by atoms with Gasteiger partial charge in [-0.1, -0.05) is 11.6 Å². The molecule has 1 aromatic carbocycles. The first-order chi connectivity index (χ1) is 13.7. The summed E-state index contributed by atoms with van der Waals surface area (Å²) in [6.45, 7) is 3.49. The van der Waals surface area contributed by atoms with Gasteiger partial charge in [-0.2, -0.15) is 5.10 Å². The Kier molecular flexibility index (Phi) is 5.55. The zero-order chi connectivity index (χ0) is 19.3. The molecule has 1 amide bonds. The number of morpholine rings is 1. The summed E-state index contributed by atoms with van der Waals surface area (Å²) in [5.74, 6) is 0.732. The molecule has 0 aliphatic carbocycles. The van der Waals surface area contributed by atoms with E-state index in [2.05, 4.69) is 20.3 Å². The topological polar surface area (TPSA) is 72.3 Å². The predicted molar refractivity (Wildman–Crippen MR) is 107 cm³/mol. The van der Waals surface area contributed by atoms with Crippen LogP contribution in [0.15, 0.2) is 55.0 Å². The van der Waals surface area contributed by atoms with Crippen molar-refractivity contribution in [2.24, 2.45) is 0 Å². The van der Waals surface area contributed by atoms with Crippen LogP contribution in [0.5, 0.6) is 0 Å². The number of ether oxygens (including phenoxy) is 1. The molecule has 4 rings (SSSR count). The van der Waals surface area contributed by atoms with E-state index in [-0.39, 0.29) is 5.91 Å². The van der Waals surface area contributed by atoms with Gasteiger partial charge in [0.2, 0.25) is 0 Å². The molecule has 8 heteroatoms. The Morgan fingerprint density at radius 2 is 1.96 bits per heavy atom. The maximum Gasteiger partial charge on any atom is 0.254 e. The highest BCUT2D eigenvalue weighted by Crippen LogP contribution is 2.15. The van der Waals surface area contributed by atoms with Crippen LogP contribution >= 0.6 is 11.6 Å². The Hall–Kier alpha value is -2.90. The monoisotopic (exact) mass is 397 g/mol. The molecule has 0 spiro atoms. The van der Waals surface area contributed by atoms with Crippen LogP contribution in [-0.4, -0.2) is 47.0 Å². The number of nitrogens with zero attached hydrogens (tertiary/aromatic N) is 4. The molecule has 3 heterocycles. The summed E-state index contributed by atoms with van der Waals surface area (Å²) in [6.07, 6.45) is 5.02. The highest BCUT2D eigenvalue weighted by molar-refractivity contribution is 6.30. The lowest BCUT2D eigenvalue weighted by molar-refractivity contribution is 0.0951. The Balaban J connectivity index is 1.39. The molecule has 144 valence electrons. The minimum absolute atomic E-state index is 0.176. The molecule has 0 saturated carbocycles. The predicted octanol–water partition coefficient (Wildman–Crippen LogP) is 2.69.